The van der Waals surface area contributed by atoms with Crippen LogP contribution in [0.4, 0.5) is 0 Å². The maximum atomic E-state index is 6.02. The molecular weight excluding hydrogens is 276 g/mol. The lowest BCUT2D eigenvalue weighted by Crippen LogP contribution is -2.18. The van der Waals surface area contributed by atoms with E-state index < -0.39 is 0 Å². The third-order valence-electron chi connectivity index (χ3n) is 3.93. The van der Waals surface area contributed by atoms with Crippen molar-refractivity contribution >= 4 is 0 Å². The second kappa shape index (κ2) is 9.86. The minimum atomic E-state index is -0.238. The topological polar surface area (TPSA) is 27.7 Å². The number of hydrogen-bond donors (Lipinski definition) is 0. The van der Waals surface area contributed by atoms with E-state index in [1.807, 2.05) is 20.8 Å². The average molecular weight is 308 g/mol. The molecule has 0 spiro atoms. The molecule has 0 saturated heterocycles. The summed E-state index contributed by atoms with van der Waals surface area (Å²) >= 11 is 0. The Morgan fingerprint density at radius 3 is 2.23 bits per heavy atom. The van der Waals surface area contributed by atoms with Crippen molar-refractivity contribution in [2.75, 3.05) is 13.2 Å². The molecule has 126 valence electrons. The molecule has 1 aromatic rings. The number of ether oxygens (including phenoxy) is 3. The summed E-state index contributed by atoms with van der Waals surface area (Å²) in [4.78, 5) is 0. The van der Waals surface area contributed by atoms with Crippen LogP contribution in [-0.2, 0) is 15.9 Å². The van der Waals surface area contributed by atoms with Crippen LogP contribution in [0.5, 0.6) is 5.75 Å². The van der Waals surface area contributed by atoms with Gasteiger partial charge in [-0.2, -0.15) is 0 Å². The van der Waals surface area contributed by atoms with E-state index in [1.165, 1.54) is 11.1 Å². The molecule has 0 bridgehead atoms. The molecule has 3 atom stereocenters. The minimum absolute atomic E-state index is 0.184. The molecule has 3 unspecified atom stereocenters. The normalized spacial score (nSPS) is 15.4. The Bertz CT molecular complexity index is 431. The van der Waals surface area contributed by atoms with E-state index in [2.05, 4.69) is 39.0 Å². The molecule has 0 aromatic heterocycles. The van der Waals surface area contributed by atoms with Gasteiger partial charge in [0.05, 0.1) is 6.10 Å². The lowest BCUT2D eigenvalue weighted by molar-refractivity contribution is -0.0621. The molecule has 0 saturated carbocycles. The first-order chi connectivity index (χ1) is 10.5. The molecule has 1 aromatic carbocycles. The van der Waals surface area contributed by atoms with Crippen molar-refractivity contribution in [3.05, 3.63) is 29.3 Å². The fourth-order valence-corrected chi connectivity index (χ4v) is 2.49. The van der Waals surface area contributed by atoms with Crippen molar-refractivity contribution < 1.29 is 14.2 Å². The Labute approximate surface area is 136 Å². The summed E-state index contributed by atoms with van der Waals surface area (Å²) in [6.45, 7) is 13.9. The highest BCUT2D eigenvalue weighted by molar-refractivity contribution is 5.39. The number of hydrogen-bond acceptors (Lipinski definition) is 3. The third kappa shape index (κ3) is 5.98. The van der Waals surface area contributed by atoms with Crippen LogP contribution in [0.25, 0.3) is 0 Å². The van der Waals surface area contributed by atoms with Gasteiger partial charge in [-0.25, -0.2) is 0 Å². The van der Waals surface area contributed by atoms with Crippen LogP contribution in [-0.4, -0.2) is 25.6 Å². The lowest BCUT2D eigenvalue weighted by atomic mass is 9.95. The molecule has 0 N–H and O–H groups in total. The minimum Gasteiger partial charge on any atom is -0.465 e. The van der Waals surface area contributed by atoms with Crippen LogP contribution in [0.1, 0.15) is 65.0 Å². The van der Waals surface area contributed by atoms with Crippen molar-refractivity contribution in [1.82, 2.24) is 0 Å². The second-order valence-corrected chi connectivity index (χ2v) is 5.79. The summed E-state index contributed by atoms with van der Waals surface area (Å²) in [6.07, 6.45) is 1.92. The van der Waals surface area contributed by atoms with Gasteiger partial charge in [-0.05, 0) is 57.2 Å². The van der Waals surface area contributed by atoms with Crippen molar-refractivity contribution in [2.45, 2.75) is 72.7 Å². The van der Waals surface area contributed by atoms with Gasteiger partial charge in [0, 0.05) is 19.6 Å². The second-order valence-electron chi connectivity index (χ2n) is 5.79. The standard InChI is InChI=1S/C19H32O3/c1-7-14(4)17-10-11-18(12-15(5)20-8-2)19(13-17)22-16(6)21-9-3/h10-11,13-16H,7-9,12H2,1-6H3. The molecule has 0 heterocycles. The molecule has 0 amide bonds. The predicted octanol–water partition coefficient (Wildman–Crippen LogP) is 4.93. The van der Waals surface area contributed by atoms with Crippen molar-refractivity contribution in [3.63, 3.8) is 0 Å². The molecule has 3 heteroatoms. The van der Waals surface area contributed by atoms with Gasteiger partial charge in [0.1, 0.15) is 5.75 Å². The first kappa shape index (κ1) is 19.0. The fraction of sp³-hybridized carbons (Fsp3) is 0.684. The van der Waals surface area contributed by atoms with Gasteiger partial charge in [-0.15, -0.1) is 0 Å². The SMILES string of the molecule is CCOC(C)Cc1ccc(C(C)CC)cc1OC(C)OCC. The summed E-state index contributed by atoms with van der Waals surface area (Å²) in [6, 6.07) is 6.54. The van der Waals surface area contributed by atoms with E-state index in [0.29, 0.717) is 12.5 Å². The molecule has 0 fully saturated rings. The van der Waals surface area contributed by atoms with E-state index in [0.717, 1.165) is 25.2 Å². The van der Waals surface area contributed by atoms with E-state index in [-0.39, 0.29) is 12.4 Å². The van der Waals surface area contributed by atoms with E-state index >= 15 is 0 Å². The molecule has 0 aliphatic rings. The highest BCUT2D eigenvalue weighted by atomic mass is 16.7. The summed E-state index contributed by atoms with van der Waals surface area (Å²) in [5.74, 6) is 1.45. The van der Waals surface area contributed by atoms with E-state index in [9.17, 15) is 0 Å². The van der Waals surface area contributed by atoms with Crippen molar-refractivity contribution in [3.8, 4) is 5.75 Å². The van der Waals surface area contributed by atoms with Crippen LogP contribution >= 0.6 is 0 Å². The van der Waals surface area contributed by atoms with Gasteiger partial charge in [0.2, 0.25) is 0 Å². The Morgan fingerprint density at radius 2 is 1.64 bits per heavy atom. The lowest BCUT2D eigenvalue weighted by Gasteiger charge is -2.21. The Kier molecular flexibility index (Phi) is 8.51. The van der Waals surface area contributed by atoms with Gasteiger partial charge in [-0.1, -0.05) is 26.0 Å². The zero-order valence-electron chi connectivity index (χ0n) is 15.0. The van der Waals surface area contributed by atoms with Gasteiger partial charge < -0.3 is 14.2 Å². The van der Waals surface area contributed by atoms with E-state index in [1.54, 1.807) is 0 Å². The van der Waals surface area contributed by atoms with Gasteiger partial charge in [-0.3, -0.25) is 0 Å². The monoisotopic (exact) mass is 308 g/mol. The highest BCUT2D eigenvalue weighted by Crippen LogP contribution is 2.28. The van der Waals surface area contributed by atoms with E-state index in [4.69, 9.17) is 14.2 Å². The Morgan fingerprint density at radius 1 is 0.955 bits per heavy atom. The highest BCUT2D eigenvalue weighted by Gasteiger charge is 2.14. The summed E-state index contributed by atoms with van der Waals surface area (Å²) < 4.78 is 17.2. The van der Waals surface area contributed by atoms with Crippen LogP contribution < -0.4 is 4.74 Å². The smallest absolute Gasteiger partial charge is 0.196 e. The zero-order valence-corrected chi connectivity index (χ0v) is 15.0. The number of benzene rings is 1. The Hall–Kier alpha value is -1.06. The molecule has 0 radical (unpaired) electrons. The van der Waals surface area contributed by atoms with Gasteiger partial charge >= 0.3 is 0 Å². The maximum Gasteiger partial charge on any atom is 0.196 e. The zero-order chi connectivity index (χ0) is 16.5. The van der Waals surface area contributed by atoms with Crippen LogP contribution in [0.15, 0.2) is 18.2 Å². The molecule has 0 aliphatic carbocycles. The Balaban J connectivity index is 2.97. The molecule has 1 rings (SSSR count). The van der Waals surface area contributed by atoms with Gasteiger partial charge in [0.25, 0.3) is 0 Å². The van der Waals surface area contributed by atoms with Crippen molar-refractivity contribution in [2.24, 2.45) is 0 Å². The first-order valence-electron chi connectivity index (χ1n) is 8.54. The molecule has 3 nitrogen and oxygen atoms in total. The maximum absolute atomic E-state index is 6.02. The van der Waals surface area contributed by atoms with Crippen LogP contribution in [0.2, 0.25) is 0 Å². The largest absolute Gasteiger partial charge is 0.465 e. The summed E-state index contributed by atoms with van der Waals surface area (Å²) in [5, 5.41) is 0. The molecule has 0 aliphatic heterocycles. The first-order valence-corrected chi connectivity index (χ1v) is 8.54. The van der Waals surface area contributed by atoms with Crippen molar-refractivity contribution in [1.29, 1.82) is 0 Å². The summed E-state index contributed by atoms with van der Waals surface area (Å²) in [5.41, 5.74) is 2.49. The third-order valence-corrected chi connectivity index (χ3v) is 3.93. The van der Waals surface area contributed by atoms with Crippen LogP contribution in [0, 0.1) is 0 Å². The average Bonchev–Trinajstić information content (AvgIpc) is 2.48. The fourth-order valence-electron chi connectivity index (χ4n) is 2.49. The molecule has 22 heavy (non-hydrogen) atoms. The predicted molar refractivity (Wildman–Crippen MR) is 91.7 cm³/mol. The summed E-state index contributed by atoms with van der Waals surface area (Å²) in [7, 11) is 0. The number of rotatable bonds is 10. The van der Waals surface area contributed by atoms with Crippen LogP contribution in [0.3, 0.4) is 0 Å². The van der Waals surface area contributed by atoms with Gasteiger partial charge in [0.15, 0.2) is 6.29 Å². The quantitative estimate of drug-likeness (QED) is 0.574. The molecular formula is C19H32O3.